The predicted molar refractivity (Wildman–Crippen MR) is 99.5 cm³/mol. The minimum atomic E-state index is -4.62. The first-order valence-electron chi connectivity index (χ1n) is 9.11. The van der Waals surface area contributed by atoms with E-state index in [9.17, 15) is 31.6 Å². The van der Waals surface area contributed by atoms with Gasteiger partial charge in [0.1, 0.15) is 17.4 Å². The Hall–Kier alpha value is -3.49. The fourth-order valence-corrected chi connectivity index (χ4v) is 3.50. The lowest BCUT2D eigenvalue weighted by Gasteiger charge is -2.36. The number of hydrogen-bond donors (Lipinski definition) is 1. The van der Waals surface area contributed by atoms with Crippen LogP contribution in [0.25, 0.3) is 11.0 Å². The largest absolute Gasteiger partial charge is 0.419 e. The molecule has 1 aliphatic rings. The van der Waals surface area contributed by atoms with Crippen LogP contribution < -0.4 is 9.80 Å². The Kier molecular flexibility index (Phi) is 4.91. The Balaban J connectivity index is 1.58. The van der Waals surface area contributed by atoms with Crippen molar-refractivity contribution in [2.24, 2.45) is 0 Å². The number of aromatic nitrogens is 3. The Morgan fingerprint density at radius 1 is 0.968 bits per heavy atom. The van der Waals surface area contributed by atoms with Gasteiger partial charge in [-0.2, -0.15) is 31.6 Å². The third-order valence-corrected chi connectivity index (χ3v) is 4.99. The molecule has 3 aromatic rings. The number of imidazole rings is 1. The van der Waals surface area contributed by atoms with Crippen molar-refractivity contribution in [2.45, 2.75) is 12.4 Å². The van der Waals surface area contributed by atoms with E-state index in [1.807, 2.05) is 0 Å². The maximum absolute atomic E-state index is 13.3. The molecule has 12 heteroatoms. The Bertz CT molecular complexity index is 1150. The van der Waals surface area contributed by atoms with Crippen LogP contribution in [0.2, 0.25) is 0 Å². The average molecular weight is 440 g/mol. The van der Waals surface area contributed by atoms with Gasteiger partial charge in [0.2, 0.25) is 5.95 Å². The Morgan fingerprint density at radius 2 is 1.65 bits per heavy atom. The van der Waals surface area contributed by atoms with Crippen molar-refractivity contribution in [1.82, 2.24) is 15.0 Å². The van der Waals surface area contributed by atoms with Crippen molar-refractivity contribution in [3.63, 3.8) is 0 Å². The molecule has 3 heterocycles. The van der Waals surface area contributed by atoms with Gasteiger partial charge >= 0.3 is 12.4 Å². The summed E-state index contributed by atoms with van der Waals surface area (Å²) in [6, 6.07) is 5.53. The van der Waals surface area contributed by atoms with Crippen LogP contribution in [0.1, 0.15) is 16.7 Å². The van der Waals surface area contributed by atoms with Crippen LogP contribution in [0.15, 0.2) is 30.5 Å². The molecule has 0 atom stereocenters. The van der Waals surface area contributed by atoms with Gasteiger partial charge in [-0.05, 0) is 24.3 Å². The summed E-state index contributed by atoms with van der Waals surface area (Å²) in [6.45, 7) is 0.940. The van der Waals surface area contributed by atoms with E-state index in [4.69, 9.17) is 0 Å². The molecule has 1 fully saturated rings. The van der Waals surface area contributed by atoms with Gasteiger partial charge in [0, 0.05) is 32.4 Å². The molecule has 1 aliphatic heterocycles. The molecule has 0 aliphatic carbocycles. The molecule has 1 saturated heterocycles. The predicted octanol–water partition coefficient (Wildman–Crippen LogP) is 4.19. The number of pyridine rings is 1. The summed E-state index contributed by atoms with van der Waals surface area (Å²) in [6.07, 6.45) is -7.86. The second-order valence-electron chi connectivity index (χ2n) is 6.94. The summed E-state index contributed by atoms with van der Waals surface area (Å²) in [5.41, 5.74) is -1.84. The van der Waals surface area contributed by atoms with E-state index in [-0.39, 0.29) is 54.5 Å². The number of hydrogen-bond acceptors (Lipinski definition) is 5. The van der Waals surface area contributed by atoms with Crippen LogP contribution in [0.5, 0.6) is 0 Å². The van der Waals surface area contributed by atoms with Crippen molar-refractivity contribution < 1.29 is 26.3 Å². The number of alkyl halides is 6. The van der Waals surface area contributed by atoms with Gasteiger partial charge < -0.3 is 14.8 Å². The summed E-state index contributed by atoms with van der Waals surface area (Å²) in [5, 5.41) is 9.21. The van der Waals surface area contributed by atoms with Gasteiger partial charge in [0.15, 0.2) is 0 Å². The SMILES string of the molecule is N#Cc1cc(C(F)(F)F)cc2[nH]c(N3CCN(c4ncccc4C(F)(F)F)CC3)nc12. The highest BCUT2D eigenvalue weighted by molar-refractivity contribution is 5.84. The normalized spacial score (nSPS) is 15.4. The number of H-pyrrole nitrogens is 1. The van der Waals surface area contributed by atoms with Crippen LogP contribution >= 0.6 is 0 Å². The van der Waals surface area contributed by atoms with Crippen LogP contribution in [-0.2, 0) is 12.4 Å². The molecule has 2 aromatic heterocycles. The highest BCUT2D eigenvalue weighted by Crippen LogP contribution is 2.36. The topological polar surface area (TPSA) is 71.8 Å². The maximum atomic E-state index is 13.3. The third kappa shape index (κ3) is 3.95. The second kappa shape index (κ2) is 7.33. The first-order chi connectivity index (χ1) is 14.6. The molecule has 0 radical (unpaired) electrons. The van der Waals surface area contributed by atoms with E-state index in [0.29, 0.717) is 0 Å². The van der Waals surface area contributed by atoms with E-state index in [0.717, 1.165) is 18.2 Å². The number of nitrogens with one attached hydrogen (secondary N) is 1. The zero-order valence-electron chi connectivity index (χ0n) is 15.7. The molecule has 31 heavy (non-hydrogen) atoms. The zero-order valence-corrected chi connectivity index (χ0v) is 15.7. The lowest BCUT2D eigenvalue weighted by atomic mass is 10.1. The number of rotatable bonds is 2. The molecule has 4 rings (SSSR count). The third-order valence-electron chi connectivity index (χ3n) is 4.99. The average Bonchev–Trinajstić information content (AvgIpc) is 3.16. The molecular weight excluding hydrogens is 426 g/mol. The van der Waals surface area contributed by atoms with Crippen molar-refractivity contribution in [2.75, 3.05) is 36.0 Å². The molecule has 1 aromatic carbocycles. The highest BCUT2D eigenvalue weighted by atomic mass is 19.4. The number of nitrogens with zero attached hydrogens (tertiary/aromatic N) is 5. The quantitative estimate of drug-likeness (QED) is 0.605. The molecule has 0 amide bonds. The van der Waals surface area contributed by atoms with Crippen LogP contribution in [0, 0.1) is 11.3 Å². The summed E-state index contributed by atoms with van der Waals surface area (Å²) in [4.78, 5) is 14.1. The van der Waals surface area contributed by atoms with Crippen molar-refractivity contribution in [1.29, 1.82) is 5.26 Å². The smallest absolute Gasteiger partial charge is 0.353 e. The first-order valence-corrected chi connectivity index (χ1v) is 9.11. The number of piperazine rings is 1. The molecule has 0 unspecified atom stereocenters. The minimum absolute atomic E-state index is 0.0629. The minimum Gasteiger partial charge on any atom is -0.353 e. The van der Waals surface area contributed by atoms with Gasteiger partial charge in [-0.1, -0.05) is 0 Å². The number of nitriles is 1. The van der Waals surface area contributed by atoms with Crippen LogP contribution in [0.3, 0.4) is 0 Å². The standard InChI is InChI=1S/C19H14F6N6/c20-18(21,22)12-8-11(10-26)15-14(9-12)28-17(29-15)31-6-4-30(5-7-31)16-13(19(23,24)25)2-1-3-27-16/h1-3,8-9H,4-7H2,(H,28,29). The van der Waals surface area contributed by atoms with Crippen molar-refractivity contribution in [3.05, 3.63) is 47.2 Å². The molecular formula is C19H14F6N6. The zero-order chi connectivity index (χ0) is 22.4. The number of aromatic amines is 1. The maximum Gasteiger partial charge on any atom is 0.419 e. The van der Waals surface area contributed by atoms with E-state index in [1.54, 1.807) is 11.0 Å². The van der Waals surface area contributed by atoms with Gasteiger partial charge in [0.05, 0.1) is 22.2 Å². The van der Waals surface area contributed by atoms with Crippen LogP contribution in [0.4, 0.5) is 38.1 Å². The first kappa shape index (κ1) is 20.8. The van der Waals surface area contributed by atoms with Crippen LogP contribution in [-0.4, -0.2) is 41.1 Å². The Morgan fingerprint density at radius 3 is 2.26 bits per heavy atom. The lowest BCUT2D eigenvalue weighted by molar-refractivity contribution is -0.138. The van der Waals surface area contributed by atoms with Gasteiger partial charge in [-0.3, -0.25) is 0 Å². The fraction of sp³-hybridized carbons (Fsp3) is 0.316. The fourth-order valence-electron chi connectivity index (χ4n) is 3.50. The summed E-state index contributed by atoms with van der Waals surface area (Å²) < 4.78 is 79.0. The van der Waals surface area contributed by atoms with Gasteiger partial charge in [-0.25, -0.2) is 9.97 Å². The number of anilines is 2. The lowest BCUT2D eigenvalue weighted by Crippen LogP contribution is -2.47. The molecule has 0 spiro atoms. The van der Waals surface area contributed by atoms with Crippen molar-refractivity contribution in [3.8, 4) is 6.07 Å². The highest BCUT2D eigenvalue weighted by Gasteiger charge is 2.36. The molecule has 6 nitrogen and oxygen atoms in total. The Labute approximate surface area is 171 Å². The van der Waals surface area contributed by atoms with E-state index < -0.39 is 23.5 Å². The number of fused-ring (bicyclic) bond motifs is 1. The summed E-state index contributed by atoms with van der Waals surface area (Å²) >= 11 is 0. The second-order valence-corrected chi connectivity index (χ2v) is 6.94. The monoisotopic (exact) mass is 440 g/mol. The number of halogens is 6. The molecule has 0 saturated carbocycles. The van der Waals surface area contributed by atoms with Gasteiger partial charge in [-0.15, -0.1) is 0 Å². The molecule has 162 valence electrons. The summed E-state index contributed by atoms with van der Waals surface area (Å²) in [7, 11) is 0. The van der Waals surface area contributed by atoms with E-state index >= 15 is 0 Å². The van der Waals surface area contributed by atoms with E-state index in [1.165, 1.54) is 17.2 Å². The van der Waals surface area contributed by atoms with E-state index in [2.05, 4.69) is 15.0 Å². The van der Waals surface area contributed by atoms with Gasteiger partial charge in [0.25, 0.3) is 0 Å². The number of benzene rings is 1. The summed E-state index contributed by atoms with van der Waals surface area (Å²) in [5.74, 6) is 0.0865. The molecule has 0 bridgehead atoms. The molecule has 1 N–H and O–H groups in total. The van der Waals surface area contributed by atoms with Crippen molar-refractivity contribution >= 4 is 22.8 Å².